The van der Waals surface area contributed by atoms with Crippen LogP contribution in [0.2, 0.25) is 0 Å². The molecule has 90 valence electrons. The molecule has 1 saturated carbocycles. The van der Waals surface area contributed by atoms with Gasteiger partial charge in [-0.3, -0.25) is 0 Å². The molecular formula is C15H19NO. The fourth-order valence-corrected chi connectivity index (χ4v) is 2.80. The smallest absolute Gasteiger partial charge is 0.133 e. The summed E-state index contributed by atoms with van der Waals surface area (Å²) in [5.74, 6) is 1.56. The van der Waals surface area contributed by atoms with Gasteiger partial charge in [0.2, 0.25) is 0 Å². The number of rotatable bonds is 2. The Morgan fingerprint density at radius 3 is 2.59 bits per heavy atom. The van der Waals surface area contributed by atoms with Crippen LogP contribution in [0.5, 0.6) is 5.75 Å². The quantitative estimate of drug-likeness (QED) is 0.834. The fourth-order valence-electron chi connectivity index (χ4n) is 2.80. The van der Waals surface area contributed by atoms with Gasteiger partial charge in [0.15, 0.2) is 0 Å². The van der Waals surface area contributed by atoms with E-state index in [1.807, 2.05) is 18.2 Å². The Bertz CT molecular complexity index is 425. The summed E-state index contributed by atoms with van der Waals surface area (Å²) >= 11 is 0. The molecule has 1 aromatic carbocycles. The number of nitrogens with zero attached hydrogens (tertiary/aromatic N) is 1. The Morgan fingerprint density at radius 1 is 1.29 bits per heavy atom. The van der Waals surface area contributed by atoms with Crippen LogP contribution in [-0.2, 0) is 0 Å². The summed E-state index contributed by atoms with van der Waals surface area (Å²) < 4.78 is 0. The zero-order valence-corrected chi connectivity index (χ0v) is 10.3. The predicted octanol–water partition coefficient (Wildman–Crippen LogP) is 3.95. The van der Waals surface area contributed by atoms with Crippen molar-refractivity contribution in [3.8, 4) is 11.8 Å². The predicted molar refractivity (Wildman–Crippen MR) is 67.8 cm³/mol. The van der Waals surface area contributed by atoms with Crippen molar-refractivity contribution in [2.45, 2.75) is 44.9 Å². The highest BCUT2D eigenvalue weighted by Gasteiger charge is 2.21. The van der Waals surface area contributed by atoms with Gasteiger partial charge in [-0.15, -0.1) is 0 Å². The Morgan fingerprint density at radius 2 is 2.00 bits per heavy atom. The molecule has 1 fully saturated rings. The van der Waals surface area contributed by atoms with E-state index in [0.717, 1.165) is 5.92 Å². The summed E-state index contributed by atoms with van der Waals surface area (Å²) in [7, 11) is 0. The van der Waals surface area contributed by atoms with Gasteiger partial charge in [0.05, 0.1) is 5.56 Å². The minimum absolute atomic E-state index is 0.0958. The van der Waals surface area contributed by atoms with Gasteiger partial charge >= 0.3 is 0 Å². The zero-order valence-electron chi connectivity index (χ0n) is 10.3. The molecule has 0 bridgehead atoms. The molecule has 1 aliphatic rings. The van der Waals surface area contributed by atoms with Crippen molar-refractivity contribution in [3.05, 3.63) is 29.3 Å². The number of benzene rings is 1. The van der Waals surface area contributed by atoms with E-state index >= 15 is 0 Å². The Labute approximate surface area is 103 Å². The van der Waals surface area contributed by atoms with E-state index in [2.05, 4.69) is 6.92 Å². The zero-order chi connectivity index (χ0) is 12.3. The summed E-state index contributed by atoms with van der Waals surface area (Å²) in [6, 6.07) is 7.52. The molecule has 2 rings (SSSR count). The molecule has 0 aliphatic heterocycles. The van der Waals surface area contributed by atoms with Gasteiger partial charge in [0, 0.05) is 0 Å². The first kappa shape index (κ1) is 12.0. The number of aromatic hydroxyl groups is 1. The third-order valence-corrected chi connectivity index (χ3v) is 4.04. The second-order valence-corrected chi connectivity index (χ2v) is 5.01. The lowest BCUT2D eigenvalue weighted by molar-refractivity contribution is 0.318. The van der Waals surface area contributed by atoms with Crippen molar-refractivity contribution < 1.29 is 5.11 Å². The number of nitriles is 1. The molecule has 0 spiro atoms. The van der Waals surface area contributed by atoms with Gasteiger partial charge in [-0.05, 0) is 55.2 Å². The molecular weight excluding hydrogens is 210 g/mol. The van der Waals surface area contributed by atoms with E-state index in [-0.39, 0.29) is 5.75 Å². The van der Waals surface area contributed by atoms with Crippen LogP contribution >= 0.6 is 0 Å². The number of hydrogen-bond donors (Lipinski definition) is 1. The monoisotopic (exact) mass is 229 g/mol. The van der Waals surface area contributed by atoms with Crippen molar-refractivity contribution in [1.29, 1.82) is 5.26 Å². The molecule has 0 aromatic heterocycles. The lowest BCUT2D eigenvalue weighted by Crippen LogP contribution is -2.12. The van der Waals surface area contributed by atoms with Crippen molar-refractivity contribution >= 4 is 0 Å². The SMILES string of the molecule is CCC1CCC(c2ccc(O)c(C#N)c2)CC1. The second kappa shape index (κ2) is 5.23. The average molecular weight is 229 g/mol. The molecule has 1 N–H and O–H groups in total. The molecule has 17 heavy (non-hydrogen) atoms. The van der Waals surface area contributed by atoms with Crippen LogP contribution in [0, 0.1) is 17.2 Å². The molecule has 1 aromatic rings. The molecule has 0 atom stereocenters. The molecule has 0 amide bonds. The van der Waals surface area contributed by atoms with Crippen molar-refractivity contribution in [3.63, 3.8) is 0 Å². The molecule has 2 nitrogen and oxygen atoms in total. The fraction of sp³-hybridized carbons (Fsp3) is 0.533. The number of phenolic OH excluding ortho intramolecular Hbond substituents is 1. The number of phenols is 1. The van der Waals surface area contributed by atoms with Gasteiger partial charge in [0.1, 0.15) is 11.8 Å². The van der Waals surface area contributed by atoms with Gasteiger partial charge in [-0.1, -0.05) is 19.4 Å². The van der Waals surface area contributed by atoms with E-state index in [1.165, 1.54) is 37.7 Å². The molecule has 0 radical (unpaired) electrons. The normalized spacial score (nSPS) is 24.2. The maximum atomic E-state index is 9.49. The van der Waals surface area contributed by atoms with Crippen molar-refractivity contribution in [2.75, 3.05) is 0 Å². The third-order valence-electron chi connectivity index (χ3n) is 4.04. The largest absolute Gasteiger partial charge is 0.507 e. The maximum Gasteiger partial charge on any atom is 0.133 e. The standard InChI is InChI=1S/C15H19NO/c1-2-11-3-5-12(6-4-11)13-7-8-15(17)14(9-13)10-16/h7-9,11-12,17H,2-6H2,1H3. The van der Waals surface area contributed by atoms with Crippen LogP contribution in [-0.4, -0.2) is 5.11 Å². The van der Waals surface area contributed by atoms with E-state index in [9.17, 15) is 5.11 Å². The summed E-state index contributed by atoms with van der Waals surface area (Å²) in [6.07, 6.45) is 6.31. The molecule has 0 heterocycles. The average Bonchev–Trinajstić information content (AvgIpc) is 2.39. The van der Waals surface area contributed by atoms with Gasteiger partial charge < -0.3 is 5.11 Å². The molecule has 2 heteroatoms. The first-order valence-corrected chi connectivity index (χ1v) is 6.47. The minimum atomic E-state index is 0.0958. The summed E-state index contributed by atoms with van der Waals surface area (Å²) in [5, 5.41) is 18.4. The van der Waals surface area contributed by atoms with E-state index in [0.29, 0.717) is 11.5 Å². The Hall–Kier alpha value is -1.49. The van der Waals surface area contributed by atoms with Crippen LogP contribution in [0.25, 0.3) is 0 Å². The minimum Gasteiger partial charge on any atom is -0.507 e. The first-order chi connectivity index (χ1) is 8.24. The van der Waals surface area contributed by atoms with Crippen LogP contribution in [0.1, 0.15) is 56.1 Å². The lowest BCUT2D eigenvalue weighted by atomic mass is 9.77. The Balaban J connectivity index is 2.11. The van der Waals surface area contributed by atoms with Crippen LogP contribution in [0.3, 0.4) is 0 Å². The maximum absolute atomic E-state index is 9.49. The molecule has 0 unspecified atom stereocenters. The van der Waals surface area contributed by atoms with Gasteiger partial charge in [-0.2, -0.15) is 5.26 Å². The second-order valence-electron chi connectivity index (χ2n) is 5.01. The van der Waals surface area contributed by atoms with Crippen LogP contribution in [0.15, 0.2) is 18.2 Å². The van der Waals surface area contributed by atoms with E-state index in [1.54, 1.807) is 6.07 Å². The topological polar surface area (TPSA) is 44.0 Å². The highest BCUT2D eigenvalue weighted by atomic mass is 16.3. The van der Waals surface area contributed by atoms with Crippen LogP contribution < -0.4 is 0 Å². The van der Waals surface area contributed by atoms with Crippen molar-refractivity contribution in [2.24, 2.45) is 5.92 Å². The van der Waals surface area contributed by atoms with E-state index in [4.69, 9.17) is 5.26 Å². The molecule has 1 aliphatic carbocycles. The lowest BCUT2D eigenvalue weighted by Gasteiger charge is -2.28. The Kier molecular flexibility index (Phi) is 3.68. The van der Waals surface area contributed by atoms with Gasteiger partial charge in [-0.25, -0.2) is 0 Å². The first-order valence-electron chi connectivity index (χ1n) is 6.47. The highest BCUT2D eigenvalue weighted by molar-refractivity contribution is 5.45. The summed E-state index contributed by atoms with van der Waals surface area (Å²) in [5.41, 5.74) is 1.62. The van der Waals surface area contributed by atoms with Gasteiger partial charge in [0.25, 0.3) is 0 Å². The molecule has 0 saturated heterocycles. The third kappa shape index (κ3) is 2.61. The highest BCUT2D eigenvalue weighted by Crippen LogP contribution is 2.37. The summed E-state index contributed by atoms with van der Waals surface area (Å²) in [6.45, 7) is 2.26. The van der Waals surface area contributed by atoms with E-state index < -0.39 is 0 Å². The van der Waals surface area contributed by atoms with Crippen LogP contribution in [0.4, 0.5) is 0 Å². The van der Waals surface area contributed by atoms with Crippen molar-refractivity contribution in [1.82, 2.24) is 0 Å². The summed E-state index contributed by atoms with van der Waals surface area (Å²) in [4.78, 5) is 0. The number of hydrogen-bond acceptors (Lipinski definition) is 2.